The first kappa shape index (κ1) is 20.2. The van der Waals surface area contributed by atoms with Crippen LogP contribution in [0, 0.1) is 0 Å². The Morgan fingerprint density at radius 2 is 1.81 bits per heavy atom. The number of carbonyl (C=O) groups is 1. The number of rotatable bonds is 8. The summed E-state index contributed by atoms with van der Waals surface area (Å²) in [6, 6.07) is 13.3. The Hall–Kier alpha value is -2.09. The van der Waals surface area contributed by atoms with Gasteiger partial charge >= 0.3 is 0 Å². The van der Waals surface area contributed by atoms with Gasteiger partial charge in [-0.25, -0.2) is 13.1 Å². The lowest BCUT2D eigenvalue weighted by Crippen LogP contribution is -2.37. The number of nitrogens with one attached hydrogen (secondary N) is 1. The summed E-state index contributed by atoms with van der Waals surface area (Å²) in [5.74, 6) is 0.519. The molecule has 0 aromatic heterocycles. The SMILES string of the molecule is CCOc1ccc(N(CCNS(=O)(=O)c2ccccc2Cl)C(C)=O)cc1. The van der Waals surface area contributed by atoms with E-state index in [1.165, 1.54) is 24.0 Å². The Morgan fingerprint density at radius 3 is 2.38 bits per heavy atom. The molecule has 0 saturated heterocycles. The van der Waals surface area contributed by atoms with Gasteiger partial charge in [0, 0.05) is 25.7 Å². The van der Waals surface area contributed by atoms with Gasteiger partial charge in [0.25, 0.3) is 0 Å². The Morgan fingerprint density at radius 1 is 1.15 bits per heavy atom. The zero-order chi connectivity index (χ0) is 19.2. The molecule has 6 nitrogen and oxygen atoms in total. The van der Waals surface area contributed by atoms with Crippen LogP contribution in [0.5, 0.6) is 5.75 Å². The van der Waals surface area contributed by atoms with Gasteiger partial charge in [0.15, 0.2) is 0 Å². The number of hydrogen-bond acceptors (Lipinski definition) is 4. The van der Waals surface area contributed by atoms with Crippen molar-refractivity contribution in [3.63, 3.8) is 0 Å². The highest BCUT2D eigenvalue weighted by molar-refractivity contribution is 7.89. The van der Waals surface area contributed by atoms with Gasteiger partial charge in [-0.3, -0.25) is 4.79 Å². The fraction of sp³-hybridized carbons (Fsp3) is 0.278. The highest BCUT2D eigenvalue weighted by atomic mass is 35.5. The molecule has 1 N–H and O–H groups in total. The van der Waals surface area contributed by atoms with Crippen molar-refractivity contribution in [1.82, 2.24) is 4.72 Å². The Bertz CT molecular complexity index is 854. The smallest absolute Gasteiger partial charge is 0.242 e. The number of hydrogen-bond donors (Lipinski definition) is 1. The molecule has 0 radical (unpaired) electrons. The summed E-state index contributed by atoms with van der Waals surface area (Å²) in [5.41, 5.74) is 0.665. The molecular formula is C18H21ClN2O4S. The van der Waals surface area contributed by atoms with Crippen molar-refractivity contribution in [2.24, 2.45) is 0 Å². The van der Waals surface area contributed by atoms with E-state index in [0.29, 0.717) is 18.0 Å². The summed E-state index contributed by atoms with van der Waals surface area (Å²) in [7, 11) is -3.75. The number of ether oxygens (including phenoxy) is 1. The predicted octanol–water partition coefficient (Wildman–Crippen LogP) is 3.07. The van der Waals surface area contributed by atoms with E-state index in [2.05, 4.69) is 4.72 Å². The molecule has 1 amide bonds. The van der Waals surface area contributed by atoms with E-state index in [1.807, 2.05) is 6.92 Å². The number of benzene rings is 2. The summed E-state index contributed by atoms with van der Waals surface area (Å²) in [6.07, 6.45) is 0. The maximum Gasteiger partial charge on any atom is 0.242 e. The molecule has 0 spiro atoms. The van der Waals surface area contributed by atoms with E-state index >= 15 is 0 Å². The first-order valence-electron chi connectivity index (χ1n) is 8.10. The molecule has 0 unspecified atom stereocenters. The van der Waals surface area contributed by atoms with Crippen molar-refractivity contribution >= 4 is 33.2 Å². The number of sulfonamides is 1. The van der Waals surface area contributed by atoms with Crippen molar-refractivity contribution in [2.45, 2.75) is 18.7 Å². The second-order valence-electron chi connectivity index (χ2n) is 5.43. The first-order chi connectivity index (χ1) is 12.3. The number of halogens is 1. The molecule has 0 aliphatic heterocycles. The third-order valence-electron chi connectivity index (χ3n) is 3.59. The minimum Gasteiger partial charge on any atom is -0.494 e. The number of carbonyl (C=O) groups excluding carboxylic acids is 1. The summed E-state index contributed by atoms with van der Waals surface area (Å²) >= 11 is 5.94. The summed E-state index contributed by atoms with van der Waals surface area (Å²) < 4.78 is 32.5. The zero-order valence-electron chi connectivity index (χ0n) is 14.6. The second kappa shape index (κ2) is 9.02. The number of nitrogens with zero attached hydrogens (tertiary/aromatic N) is 1. The predicted molar refractivity (Wildman–Crippen MR) is 102 cm³/mol. The summed E-state index contributed by atoms with van der Waals surface area (Å²) in [6.45, 7) is 4.12. The number of anilines is 1. The normalized spacial score (nSPS) is 11.2. The van der Waals surface area contributed by atoms with Crippen LogP contribution >= 0.6 is 11.6 Å². The third-order valence-corrected chi connectivity index (χ3v) is 5.55. The van der Waals surface area contributed by atoms with Crippen LogP contribution in [0.25, 0.3) is 0 Å². The van der Waals surface area contributed by atoms with Gasteiger partial charge < -0.3 is 9.64 Å². The van der Waals surface area contributed by atoms with Crippen molar-refractivity contribution in [3.05, 3.63) is 53.6 Å². The van der Waals surface area contributed by atoms with Gasteiger partial charge in [0.1, 0.15) is 10.6 Å². The lowest BCUT2D eigenvalue weighted by Gasteiger charge is -2.21. The van der Waals surface area contributed by atoms with Crippen LogP contribution in [0.2, 0.25) is 5.02 Å². The van der Waals surface area contributed by atoms with Crippen molar-refractivity contribution in [3.8, 4) is 5.75 Å². The van der Waals surface area contributed by atoms with Gasteiger partial charge in [-0.1, -0.05) is 23.7 Å². The highest BCUT2D eigenvalue weighted by Gasteiger charge is 2.18. The fourth-order valence-corrected chi connectivity index (χ4v) is 3.93. The minimum atomic E-state index is -3.75. The average Bonchev–Trinajstić information content (AvgIpc) is 2.60. The van der Waals surface area contributed by atoms with E-state index in [1.54, 1.807) is 36.4 Å². The van der Waals surface area contributed by atoms with Gasteiger partial charge in [0.05, 0.1) is 11.6 Å². The van der Waals surface area contributed by atoms with E-state index < -0.39 is 10.0 Å². The van der Waals surface area contributed by atoms with Crippen molar-refractivity contribution in [2.75, 3.05) is 24.6 Å². The lowest BCUT2D eigenvalue weighted by molar-refractivity contribution is -0.116. The van der Waals surface area contributed by atoms with Crippen LogP contribution in [-0.4, -0.2) is 34.0 Å². The molecule has 0 atom stereocenters. The maximum absolute atomic E-state index is 12.3. The average molecular weight is 397 g/mol. The fourth-order valence-electron chi connectivity index (χ4n) is 2.39. The minimum absolute atomic E-state index is 0.0112. The van der Waals surface area contributed by atoms with Crippen LogP contribution in [-0.2, 0) is 14.8 Å². The van der Waals surface area contributed by atoms with Crippen LogP contribution in [0.15, 0.2) is 53.4 Å². The lowest BCUT2D eigenvalue weighted by atomic mass is 10.2. The second-order valence-corrected chi connectivity index (χ2v) is 7.57. The van der Waals surface area contributed by atoms with Gasteiger partial charge in [-0.05, 0) is 43.3 Å². The largest absolute Gasteiger partial charge is 0.494 e. The molecule has 0 aliphatic rings. The monoisotopic (exact) mass is 396 g/mol. The summed E-state index contributed by atoms with van der Waals surface area (Å²) in [5, 5.41) is 0.148. The standard InChI is InChI=1S/C18H21ClN2O4S/c1-3-25-16-10-8-15(9-11-16)21(14(2)22)13-12-20-26(23,24)18-7-5-4-6-17(18)19/h4-11,20H,3,12-13H2,1-2H3. The van der Waals surface area contributed by atoms with E-state index in [0.717, 1.165) is 0 Å². The summed E-state index contributed by atoms with van der Waals surface area (Å²) in [4.78, 5) is 13.4. The molecule has 0 heterocycles. The van der Waals surface area contributed by atoms with Crippen LogP contribution < -0.4 is 14.4 Å². The molecule has 0 fully saturated rings. The molecule has 2 rings (SSSR count). The molecule has 140 valence electrons. The van der Waals surface area contributed by atoms with Crippen LogP contribution in [0.4, 0.5) is 5.69 Å². The molecule has 0 bridgehead atoms. The molecular weight excluding hydrogens is 376 g/mol. The molecule has 26 heavy (non-hydrogen) atoms. The van der Waals surface area contributed by atoms with E-state index in [-0.39, 0.29) is 28.9 Å². The van der Waals surface area contributed by atoms with Crippen molar-refractivity contribution in [1.29, 1.82) is 0 Å². The molecule has 8 heteroatoms. The topological polar surface area (TPSA) is 75.7 Å². The molecule has 0 aliphatic carbocycles. The van der Waals surface area contributed by atoms with Gasteiger partial charge in [-0.15, -0.1) is 0 Å². The third kappa shape index (κ3) is 5.20. The van der Waals surface area contributed by atoms with Crippen LogP contribution in [0.1, 0.15) is 13.8 Å². The molecule has 0 saturated carbocycles. The first-order valence-corrected chi connectivity index (χ1v) is 9.96. The number of amides is 1. The molecule has 2 aromatic carbocycles. The Balaban J connectivity index is 2.05. The Kier molecular flexibility index (Phi) is 7.02. The van der Waals surface area contributed by atoms with Crippen molar-refractivity contribution < 1.29 is 17.9 Å². The zero-order valence-corrected chi connectivity index (χ0v) is 16.2. The van der Waals surface area contributed by atoms with E-state index in [9.17, 15) is 13.2 Å². The quantitative estimate of drug-likeness (QED) is 0.744. The van der Waals surface area contributed by atoms with Gasteiger partial charge in [0.2, 0.25) is 15.9 Å². The van der Waals surface area contributed by atoms with Gasteiger partial charge in [-0.2, -0.15) is 0 Å². The van der Waals surface area contributed by atoms with E-state index in [4.69, 9.17) is 16.3 Å². The Labute approximate surface area is 158 Å². The van der Waals surface area contributed by atoms with Crippen LogP contribution in [0.3, 0.4) is 0 Å². The molecule has 2 aromatic rings. The maximum atomic E-state index is 12.3. The highest BCUT2D eigenvalue weighted by Crippen LogP contribution is 2.21.